The van der Waals surface area contributed by atoms with Crippen LogP contribution in [0.3, 0.4) is 0 Å². The van der Waals surface area contributed by atoms with Crippen LogP contribution in [0.5, 0.6) is 0 Å². The molecule has 0 unspecified atom stereocenters. The Morgan fingerprint density at radius 3 is 2.73 bits per heavy atom. The number of aromatic nitrogens is 1. The number of alkyl halides is 2. The monoisotopic (exact) mass is 207 g/mol. The van der Waals surface area contributed by atoms with Gasteiger partial charge in [0.05, 0.1) is 5.52 Å². The highest BCUT2D eigenvalue weighted by Crippen LogP contribution is 2.18. The highest BCUT2D eigenvalue weighted by Gasteiger charge is 2.19. The lowest BCUT2D eigenvalue weighted by atomic mass is 10.1. The number of nitrogens with zero attached hydrogens (tertiary/aromatic N) is 1. The van der Waals surface area contributed by atoms with Crippen molar-refractivity contribution in [3.8, 4) is 0 Å². The van der Waals surface area contributed by atoms with E-state index >= 15 is 0 Å². The van der Waals surface area contributed by atoms with Gasteiger partial charge in [0.15, 0.2) is 0 Å². The van der Waals surface area contributed by atoms with E-state index in [1.807, 2.05) is 0 Å². The van der Waals surface area contributed by atoms with E-state index in [4.69, 9.17) is 0 Å². The summed E-state index contributed by atoms with van der Waals surface area (Å²) in [6, 6.07) is 7.84. The number of Topliss-reactive ketones (excluding diaryl/α,β-unsaturated/α-hetero) is 1. The summed E-state index contributed by atoms with van der Waals surface area (Å²) >= 11 is 0. The molecule has 0 fully saturated rings. The van der Waals surface area contributed by atoms with Crippen LogP contribution in [0.1, 0.15) is 10.4 Å². The van der Waals surface area contributed by atoms with Gasteiger partial charge in [-0.05, 0) is 12.1 Å². The van der Waals surface area contributed by atoms with Crippen LogP contribution < -0.4 is 0 Å². The Kier molecular flexibility index (Phi) is 2.41. The Morgan fingerprint density at radius 2 is 2.00 bits per heavy atom. The molecule has 1 aromatic heterocycles. The van der Waals surface area contributed by atoms with Crippen molar-refractivity contribution in [1.29, 1.82) is 0 Å². The molecule has 4 heteroatoms. The fourth-order valence-electron chi connectivity index (χ4n) is 1.44. The molecule has 15 heavy (non-hydrogen) atoms. The standard InChI is InChI=1S/C11H7F2NO/c12-11(13)10(15)8-3-1-5-9-7(8)4-2-6-14-9/h1-6,11H. The molecule has 2 rings (SSSR count). The molecule has 0 atom stereocenters. The molecule has 1 aromatic carbocycles. The van der Waals surface area contributed by atoms with Gasteiger partial charge in [-0.25, -0.2) is 8.78 Å². The minimum absolute atomic E-state index is 0.0237. The van der Waals surface area contributed by atoms with Gasteiger partial charge in [-0.15, -0.1) is 0 Å². The number of carbonyl (C=O) groups is 1. The number of hydrogen-bond donors (Lipinski definition) is 0. The molecule has 2 nitrogen and oxygen atoms in total. The van der Waals surface area contributed by atoms with Gasteiger partial charge >= 0.3 is 6.43 Å². The lowest BCUT2D eigenvalue weighted by molar-refractivity contribution is 0.0680. The van der Waals surface area contributed by atoms with Crippen LogP contribution in [-0.2, 0) is 0 Å². The maximum Gasteiger partial charge on any atom is 0.300 e. The zero-order valence-corrected chi connectivity index (χ0v) is 7.65. The van der Waals surface area contributed by atoms with Gasteiger partial charge in [-0.3, -0.25) is 9.78 Å². The van der Waals surface area contributed by atoms with Crippen molar-refractivity contribution in [2.24, 2.45) is 0 Å². The summed E-state index contributed by atoms with van der Waals surface area (Å²) in [5, 5.41) is 0.463. The Balaban J connectivity index is 2.66. The molecule has 2 aromatic rings. The maximum atomic E-state index is 12.3. The van der Waals surface area contributed by atoms with E-state index in [0.717, 1.165) is 0 Å². The number of halogens is 2. The van der Waals surface area contributed by atoms with Crippen LogP contribution in [0.4, 0.5) is 8.78 Å². The van der Waals surface area contributed by atoms with E-state index in [1.54, 1.807) is 30.5 Å². The molecule has 0 aliphatic heterocycles. The van der Waals surface area contributed by atoms with Crippen molar-refractivity contribution in [1.82, 2.24) is 4.98 Å². The molecule has 0 saturated heterocycles. The van der Waals surface area contributed by atoms with E-state index in [1.165, 1.54) is 6.07 Å². The first-order valence-corrected chi connectivity index (χ1v) is 4.36. The van der Waals surface area contributed by atoms with Crippen molar-refractivity contribution in [2.75, 3.05) is 0 Å². The van der Waals surface area contributed by atoms with Gasteiger partial charge in [-0.2, -0.15) is 0 Å². The Labute approximate surface area is 84.6 Å². The second kappa shape index (κ2) is 3.73. The first-order valence-electron chi connectivity index (χ1n) is 4.36. The number of ketones is 1. The third-order valence-corrected chi connectivity index (χ3v) is 2.11. The van der Waals surface area contributed by atoms with Crippen molar-refractivity contribution < 1.29 is 13.6 Å². The molecule has 0 bridgehead atoms. The van der Waals surface area contributed by atoms with Crippen LogP contribution in [0, 0.1) is 0 Å². The van der Waals surface area contributed by atoms with E-state index in [-0.39, 0.29) is 5.56 Å². The summed E-state index contributed by atoms with van der Waals surface area (Å²) < 4.78 is 24.5. The van der Waals surface area contributed by atoms with Gasteiger partial charge in [0, 0.05) is 17.1 Å². The zero-order chi connectivity index (χ0) is 10.8. The van der Waals surface area contributed by atoms with Crippen molar-refractivity contribution in [3.05, 3.63) is 42.1 Å². The summed E-state index contributed by atoms with van der Waals surface area (Å²) in [5.74, 6) is -1.16. The maximum absolute atomic E-state index is 12.3. The van der Waals surface area contributed by atoms with Crippen LogP contribution in [0.2, 0.25) is 0 Å². The van der Waals surface area contributed by atoms with E-state index < -0.39 is 12.2 Å². The van der Waals surface area contributed by atoms with Crippen LogP contribution in [0.25, 0.3) is 10.9 Å². The fourth-order valence-corrected chi connectivity index (χ4v) is 1.44. The molecule has 0 saturated carbocycles. The van der Waals surface area contributed by atoms with Gasteiger partial charge in [-0.1, -0.05) is 18.2 Å². The van der Waals surface area contributed by atoms with Crippen molar-refractivity contribution in [2.45, 2.75) is 6.43 Å². The number of hydrogen-bond acceptors (Lipinski definition) is 2. The van der Waals surface area contributed by atoms with Crippen molar-refractivity contribution in [3.63, 3.8) is 0 Å². The largest absolute Gasteiger partial charge is 0.300 e. The molecule has 1 heterocycles. The second-order valence-corrected chi connectivity index (χ2v) is 3.04. The lowest BCUT2D eigenvalue weighted by Gasteiger charge is -2.03. The first kappa shape index (κ1) is 9.71. The summed E-state index contributed by atoms with van der Waals surface area (Å²) in [6.45, 7) is 0. The number of carbonyl (C=O) groups excluding carboxylic acids is 1. The van der Waals surface area contributed by atoms with Crippen LogP contribution in [-0.4, -0.2) is 17.2 Å². The number of benzene rings is 1. The van der Waals surface area contributed by atoms with Gasteiger partial charge in [0.1, 0.15) is 0 Å². The molecule has 0 aliphatic rings. The number of rotatable bonds is 2. The predicted octanol–water partition coefficient (Wildman–Crippen LogP) is 2.68. The van der Waals surface area contributed by atoms with Gasteiger partial charge in [0.25, 0.3) is 0 Å². The minimum Gasteiger partial charge on any atom is -0.288 e. The molecular weight excluding hydrogens is 200 g/mol. The Hall–Kier alpha value is -1.84. The molecule has 0 radical (unpaired) electrons. The van der Waals surface area contributed by atoms with Crippen molar-refractivity contribution >= 4 is 16.7 Å². The minimum atomic E-state index is -2.98. The third-order valence-electron chi connectivity index (χ3n) is 2.11. The molecule has 0 aliphatic carbocycles. The Morgan fingerprint density at radius 1 is 1.20 bits per heavy atom. The van der Waals surface area contributed by atoms with E-state index in [2.05, 4.69) is 4.98 Å². The van der Waals surface area contributed by atoms with Crippen LogP contribution >= 0.6 is 0 Å². The number of pyridine rings is 1. The summed E-state index contributed by atoms with van der Waals surface area (Å²) in [7, 11) is 0. The highest BCUT2D eigenvalue weighted by molar-refractivity contribution is 6.08. The summed E-state index contributed by atoms with van der Waals surface area (Å²) in [6.07, 6.45) is -1.42. The predicted molar refractivity (Wildman–Crippen MR) is 52.1 cm³/mol. The Bertz CT molecular complexity index is 505. The first-order chi connectivity index (χ1) is 7.20. The smallest absolute Gasteiger partial charge is 0.288 e. The fraction of sp³-hybridized carbons (Fsp3) is 0.0909. The highest BCUT2D eigenvalue weighted by atomic mass is 19.3. The topological polar surface area (TPSA) is 30.0 Å². The molecular formula is C11H7F2NO. The summed E-state index contributed by atoms with van der Waals surface area (Å²) in [4.78, 5) is 15.2. The van der Waals surface area contributed by atoms with E-state index in [0.29, 0.717) is 10.9 Å². The van der Waals surface area contributed by atoms with E-state index in [9.17, 15) is 13.6 Å². The average Bonchev–Trinajstić information content (AvgIpc) is 2.27. The summed E-state index contributed by atoms with van der Waals surface area (Å²) in [5.41, 5.74) is 0.569. The quantitative estimate of drug-likeness (QED) is 0.708. The molecule has 76 valence electrons. The lowest BCUT2D eigenvalue weighted by Crippen LogP contribution is -2.10. The van der Waals surface area contributed by atoms with Gasteiger partial charge in [0.2, 0.25) is 5.78 Å². The second-order valence-electron chi connectivity index (χ2n) is 3.04. The normalized spacial score (nSPS) is 10.9. The molecule has 0 N–H and O–H groups in total. The number of fused-ring (bicyclic) bond motifs is 1. The molecule has 0 spiro atoms. The zero-order valence-electron chi connectivity index (χ0n) is 7.65. The average molecular weight is 207 g/mol. The third kappa shape index (κ3) is 1.70. The van der Waals surface area contributed by atoms with Crippen LogP contribution in [0.15, 0.2) is 36.5 Å². The SMILES string of the molecule is O=C(c1cccc2ncccc12)C(F)F. The van der Waals surface area contributed by atoms with Gasteiger partial charge < -0.3 is 0 Å². The molecule has 0 amide bonds.